The topological polar surface area (TPSA) is 71.3 Å². The molecule has 92 valence electrons. The van der Waals surface area contributed by atoms with Crippen LogP contribution in [0.25, 0.3) is 4.98 Å². The minimum atomic E-state index is -6.00. The first-order chi connectivity index (χ1) is 7.65. The Morgan fingerprint density at radius 1 is 1.29 bits per heavy atom. The predicted molar refractivity (Wildman–Crippen MR) is 48.0 cm³/mol. The summed E-state index contributed by atoms with van der Waals surface area (Å²) in [6.07, 6.45) is 0. The van der Waals surface area contributed by atoms with Crippen LogP contribution in [-0.2, 0) is 0 Å². The van der Waals surface area contributed by atoms with Crippen molar-refractivity contribution in [1.82, 2.24) is 0 Å². The highest BCUT2D eigenvalue weighted by Gasteiger charge is 2.24. The lowest BCUT2D eigenvalue weighted by molar-refractivity contribution is -0.383. The van der Waals surface area contributed by atoms with Crippen LogP contribution in [0.1, 0.15) is 0 Å². The maximum Gasteiger partial charge on any atom is 0.673 e. The fraction of sp³-hybridized carbons (Fsp3) is 0. The molecule has 0 bridgehead atoms. The molecule has 0 aliphatic rings. The molecule has 17 heavy (non-hydrogen) atoms. The molecule has 1 rings (SSSR count). The van der Waals surface area contributed by atoms with Crippen molar-refractivity contribution in [2.24, 2.45) is 0 Å². The molecular formula is C6H3BF5N3O2. The average Bonchev–Trinajstić information content (AvgIpc) is 2.14. The molecule has 0 saturated heterocycles. The Hall–Kier alpha value is -2.25. The highest BCUT2D eigenvalue weighted by atomic mass is 19.5. The predicted octanol–water partition coefficient (Wildman–Crippen LogP) is 3.52. The molecule has 11 heteroatoms. The van der Waals surface area contributed by atoms with Gasteiger partial charge in [-0.2, -0.15) is 0 Å². The molecule has 1 aromatic rings. The summed E-state index contributed by atoms with van der Waals surface area (Å²) in [5.74, 6) is -0.687. The van der Waals surface area contributed by atoms with E-state index in [0.29, 0.717) is 0 Å². The number of nitrogens with zero attached hydrogens (tertiary/aromatic N) is 3. The van der Waals surface area contributed by atoms with Crippen LogP contribution < -0.4 is 0 Å². The molecule has 0 aliphatic carbocycles. The van der Waals surface area contributed by atoms with E-state index in [2.05, 4.69) is 4.98 Å². The highest BCUT2D eigenvalue weighted by Crippen LogP contribution is 2.27. The van der Waals surface area contributed by atoms with Crippen LogP contribution in [0.3, 0.4) is 0 Å². The second-order valence-electron chi connectivity index (χ2n) is 2.49. The Bertz CT molecular complexity index is 452. The highest BCUT2D eigenvalue weighted by molar-refractivity contribution is 6.50. The number of hydrogen-bond donors (Lipinski definition) is 0. The third-order valence-corrected chi connectivity index (χ3v) is 1.24. The SMILES string of the molecule is F[B-](F)(F)F.N#[N+]c1cc(F)ccc1[N+](=O)[O-]. The van der Waals surface area contributed by atoms with Crippen molar-refractivity contribution in [2.45, 2.75) is 0 Å². The second-order valence-corrected chi connectivity index (χ2v) is 2.49. The molecule has 1 aromatic carbocycles. The molecule has 0 heterocycles. The largest absolute Gasteiger partial charge is 0.673 e. The number of nitro groups is 1. The zero-order valence-corrected chi connectivity index (χ0v) is 7.86. The van der Waals surface area contributed by atoms with Crippen molar-refractivity contribution >= 4 is 18.6 Å². The average molecular weight is 255 g/mol. The molecule has 0 radical (unpaired) electrons. The van der Waals surface area contributed by atoms with Crippen molar-refractivity contribution in [2.75, 3.05) is 0 Å². The Balaban J connectivity index is 0.000000437. The maximum atomic E-state index is 12.4. The van der Waals surface area contributed by atoms with Gasteiger partial charge in [-0.1, -0.05) is 0 Å². The first kappa shape index (κ1) is 14.8. The Morgan fingerprint density at radius 2 is 1.76 bits per heavy atom. The standard InChI is InChI=1S/C6H3FN3O2.BF4/c7-4-1-2-6(10(11)12)5(3-4)9-8;2-1(3,4)5/h1-3H;/q+1;-1. The monoisotopic (exact) mass is 255 g/mol. The summed E-state index contributed by atoms with van der Waals surface area (Å²) in [6, 6.07) is 2.63. The van der Waals surface area contributed by atoms with Crippen molar-refractivity contribution in [3.8, 4) is 0 Å². The summed E-state index contributed by atoms with van der Waals surface area (Å²) in [6.45, 7) is 0. The van der Waals surface area contributed by atoms with Gasteiger partial charge in [0.2, 0.25) is 5.39 Å². The van der Waals surface area contributed by atoms with E-state index in [1.54, 1.807) is 0 Å². The van der Waals surface area contributed by atoms with E-state index in [1.165, 1.54) is 0 Å². The Morgan fingerprint density at radius 3 is 2.12 bits per heavy atom. The van der Waals surface area contributed by atoms with E-state index >= 15 is 0 Å². The summed E-state index contributed by atoms with van der Waals surface area (Å²) in [5, 5.41) is 18.4. The van der Waals surface area contributed by atoms with E-state index in [-0.39, 0.29) is 5.69 Å². The molecule has 0 aliphatic heterocycles. The number of nitro benzene ring substituents is 1. The van der Waals surface area contributed by atoms with E-state index in [4.69, 9.17) is 5.39 Å². The third kappa shape index (κ3) is 6.77. The first-order valence-corrected chi connectivity index (χ1v) is 3.81. The van der Waals surface area contributed by atoms with Gasteiger partial charge in [0.15, 0.2) is 4.98 Å². The smallest absolute Gasteiger partial charge is 0.418 e. The van der Waals surface area contributed by atoms with Gasteiger partial charge in [0, 0.05) is 6.07 Å². The van der Waals surface area contributed by atoms with E-state index in [1.807, 2.05) is 0 Å². The fourth-order valence-corrected chi connectivity index (χ4v) is 0.731. The molecular weight excluding hydrogens is 252 g/mol. The third-order valence-electron chi connectivity index (χ3n) is 1.24. The molecule has 0 amide bonds. The van der Waals surface area contributed by atoms with Gasteiger partial charge >= 0.3 is 18.6 Å². The van der Waals surface area contributed by atoms with Gasteiger partial charge in [0.1, 0.15) is 5.82 Å². The zero-order valence-electron chi connectivity index (χ0n) is 7.86. The lowest BCUT2D eigenvalue weighted by atomic mass is 10.3. The van der Waals surface area contributed by atoms with Gasteiger partial charge < -0.3 is 17.3 Å². The van der Waals surface area contributed by atoms with Crippen LogP contribution in [0.5, 0.6) is 0 Å². The number of diazo groups is 1. The minimum absolute atomic E-state index is 0.389. The minimum Gasteiger partial charge on any atom is -0.418 e. The lowest BCUT2D eigenvalue weighted by Crippen LogP contribution is -2.02. The normalized spacial score (nSPS) is 9.88. The van der Waals surface area contributed by atoms with Gasteiger partial charge in [0.05, 0.1) is 11.0 Å². The molecule has 5 nitrogen and oxygen atoms in total. The number of benzene rings is 1. The molecule has 0 aromatic heterocycles. The number of halogens is 5. The molecule has 0 unspecified atom stereocenters. The van der Waals surface area contributed by atoms with Crippen LogP contribution in [0, 0.1) is 21.3 Å². The van der Waals surface area contributed by atoms with Crippen molar-refractivity contribution in [1.29, 1.82) is 5.39 Å². The quantitative estimate of drug-likeness (QED) is 0.253. The van der Waals surface area contributed by atoms with Crippen molar-refractivity contribution < 1.29 is 26.6 Å². The summed E-state index contributed by atoms with van der Waals surface area (Å²) in [4.78, 5) is 12.0. The van der Waals surface area contributed by atoms with Gasteiger partial charge in [-0.3, -0.25) is 10.1 Å². The first-order valence-electron chi connectivity index (χ1n) is 3.81. The van der Waals surface area contributed by atoms with E-state index in [9.17, 15) is 31.8 Å². The number of rotatable bonds is 1. The molecule has 0 saturated carbocycles. The summed E-state index contributed by atoms with van der Waals surface area (Å²) in [5.41, 5.74) is -0.820. The molecule has 0 atom stereocenters. The van der Waals surface area contributed by atoms with Crippen molar-refractivity contribution in [3.05, 3.63) is 39.1 Å². The second kappa shape index (κ2) is 5.73. The Labute approximate surface area is 90.7 Å². The summed E-state index contributed by atoms with van der Waals surface area (Å²) in [7, 11) is -6.00. The van der Waals surface area contributed by atoms with Crippen LogP contribution in [0.2, 0.25) is 0 Å². The van der Waals surface area contributed by atoms with Crippen LogP contribution in [0.4, 0.5) is 33.0 Å². The zero-order chi connectivity index (χ0) is 13.6. The molecule has 0 spiro atoms. The lowest BCUT2D eigenvalue weighted by Gasteiger charge is -1.94. The molecule has 0 fully saturated rings. The van der Waals surface area contributed by atoms with Gasteiger partial charge in [-0.05, 0) is 6.07 Å². The van der Waals surface area contributed by atoms with Crippen LogP contribution in [0.15, 0.2) is 18.2 Å². The summed E-state index contributed by atoms with van der Waals surface area (Å²) < 4.78 is 51.4. The maximum absolute atomic E-state index is 12.4. The van der Waals surface area contributed by atoms with Crippen molar-refractivity contribution in [3.63, 3.8) is 0 Å². The summed E-state index contributed by atoms with van der Waals surface area (Å²) >= 11 is 0. The fourth-order valence-electron chi connectivity index (χ4n) is 0.731. The van der Waals surface area contributed by atoms with Crippen LogP contribution >= 0.6 is 0 Å². The van der Waals surface area contributed by atoms with Gasteiger partial charge in [-0.15, -0.1) is 0 Å². The van der Waals surface area contributed by atoms with Gasteiger partial charge in [-0.25, -0.2) is 4.39 Å². The number of hydrogen-bond acceptors (Lipinski definition) is 3. The van der Waals surface area contributed by atoms with E-state index < -0.39 is 23.7 Å². The van der Waals surface area contributed by atoms with Crippen LogP contribution in [-0.4, -0.2) is 12.2 Å². The van der Waals surface area contributed by atoms with E-state index in [0.717, 1.165) is 18.2 Å². The Kier molecular flexibility index (Phi) is 4.98. The van der Waals surface area contributed by atoms with Gasteiger partial charge in [0.25, 0.3) is 0 Å². The molecule has 0 N–H and O–H groups in total.